The van der Waals surface area contributed by atoms with Gasteiger partial charge in [0.15, 0.2) is 11.5 Å². The Bertz CT molecular complexity index is 918. The summed E-state index contributed by atoms with van der Waals surface area (Å²) in [4.78, 5) is 14.9. The Morgan fingerprint density at radius 1 is 1.33 bits per heavy atom. The lowest BCUT2D eigenvalue weighted by molar-refractivity contribution is 0.0781. The van der Waals surface area contributed by atoms with Crippen molar-refractivity contribution in [2.75, 3.05) is 26.7 Å². The Morgan fingerprint density at radius 3 is 2.85 bits per heavy atom. The van der Waals surface area contributed by atoms with Gasteiger partial charge in [0.1, 0.15) is 5.69 Å². The molecule has 3 heterocycles. The average Bonchev–Trinajstić information content (AvgIpc) is 3.42. The number of nitrogens with zero attached hydrogens (tertiary/aromatic N) is 3. The van der Waals surface area contributed by atoms with Gasteiger partial charge in [-0.2, -0.15) is 5.10 Å². The minimum atomic E-state index is -0.0471. The summed E-state index contributed by atoms with van der Waals surface area (Å²) in [6.07, 6.45) is 2.62. The number of likely N-dealkylation sites (tertiary alicyclic amines) is 1. The number of halogens is 1. The van der Waals surface area contributed by atoms with Gasteiger partial charge in [-0.3, -0.25) is 4.79 Å². The van der Waals surface area contributed by atoms with Gasteiger partial charge in [0.2, 0.25) is 0 Å². The highest BCUT2D eigenvalue weighted by Gasteiger charge is 2.29. The van der Waals surface area contributed by atoms with Gasteiger partial charge in [-0.25, -0.2) is 4.68 Å². The van der Waals surface area contributed by atoms with Gasteiger partial charge in [-0.1, -0.05) is 11.6 Å². The predicted octanol–water partition coefficient (Wildman–Crippen LogP) is 3.47. The molecule has 0 saturated carbocycles. The average molecular weight is 385 g/mol. The van der Waals surface area contributed by atoms with Crippen molar-refractivity contribution in [1.82, 2.24) is 20.0 Å². The van der Waals surface area contributed by atoms with Crippen LogP contribution in [0.5, 0.6) is 0 Å². The van der Waals surface area contributed by atoms with Crippen LogP contribution in [0.4, 0.5) is 0 Å². The van der Waals surface area contributed by atoms with Crippen molar-refractivity contribution in [3.05, 3.63) is 59.4 Å². The molecule has 6 nitrogen and oxygen atoms in total. The van der Waals surface area contributed by atoms with Crippen molar-refractivity contribution in [2.24, 2.45) is 5.92 Å². The second-order valence-electron chi connectivity index (χ2n) is 6.74. The Kier molecular flexibility index (Phi) is 5.01. The summed E-state index contributed by atoms with van der Waals surface area (Å²) in [5.74, 6) is 1.10. The zero-order valence-electron chi connectivity index (χ0n) is 15.1. The highest BCUT2D eigenvalue weighted by molar-refractivity contribution is 6.30. The maximum Gasteiger partial charge on any atom is 0.274 e. The first-order chi connectivity index (χ1) is 13.2. The van der Waals surface area contributed by atoms with E-state index in [0.29, 0.717) is 22.4 Å². The van der Waals surface area contributed by atoms with E-state index in [1.165, 1.54) is 0 Å². The third-order valence-corrected chi connectivity index (χ3v) is 5.09. The molecule has 3 aromatic rings. The second kappa shape index (κ2) is 7.58. The smallest absolute Gasteiger partial charge is 0.274 e. The molecule has 1 unspecified atom stereocenters. The van der Waals surface area contributed by atoms with E-state index in [9.17, 15) is 4.79 Å². The van der Waals surface area contributed by atoms with Crippen LogP contribution in [0.3, 0.4) is 0 Å². The number of amides is 1. The van der Waals surface area contributed by atoms with E-state index in [-0.39, 0.29) is 5.91 Å². The molecule has 27 heavy (non-hydrogen) atoms. The van der Waals surface area contributed by atoms with Crippen LogP contribution in [-0.2, 0) is 0 Å². The predicted molar refractivity (Wildman–Crippen MR) is 104 cm³/mol. The molecule has 2 aromatic heterocycles. The number of hydrogen-bond donors (Lipinski definition) is 1. The van der Waals surface area contributed by atoms with Crippen molar-refractivity contribution >= 4 is 17.5 Å². The van der Waals surface area contributed by atoms with Crippen molar-refractivity contribution in [3.63, 3.8) is 0 Å². The fraction of sp³-hybridized carbons (Fsp3) is 0.300. The monoisotopic (exact) mass is 384 g/mol. The Balaban J connectivity index is 1.67. The summed E-state index contributed by atoms with van der Waals surface area (Å²) in [6, 6.07) is 12.8. The summed E-state index contributed by atoms with van der Waals surface area (Å²) < 4.78 is 7.28. The minimum absolute atomic E-state index is 0.0471. The van der Waals surface area contributed by atoms with Gasteiger partial charge >= 0.3 is 0 Å². The zero-order valence-corrected chi connectivity index (χ0v) is 15.8. The van der Waals surface area contributed by atoms with E-state index < -0.39 is 0 Å². The SMILES string of the molecule is CNCC1CCN(C(=O)c2cc(-c3ccco3)n(-c3ccc(Cl)cc3)n2)C1. The molecule has 140 valence electrons. The molecule has 1 fully saturated rings. The first-order valence-electron chi connectivity index (χ1n) is 8.99. The van der Waals surface area contributed by atoms with Crippen LogP contribution in [0.25, 0.3) is 17.1 Å². The van der Waals surface area contributed by atoms with Crippen LogP contribution < -0.4 is 5.32 Å². The summed E-state index contributed by atoms with van der Waals surface area (Å²) in [7, 11) is 1.94. The largest absolute Gasteiger partial charge is 0.463 e. The summed E-state index contributed by atoms with van der Waals surface area (Å²) in [5.41, 5.74) is 1.97. The van der Waals surface area contributed by atoms with Gasteiger partial charge < -0.3 is 14.6 Å². The van der Waals surface area contributed by atoms with E-state index in [4.69, 9.17) is 16.0 Å². The standard InChI is InChI=1S/C20H21ClN4O2/c1-22-12-14-8-9-24(13-14)20(26)17-11-18(19-3-2-10-27-19)25(23-17)16-6-4-15(21)5-7-16/h2-7,10-11,14,22H,8-9,12-13H2,1H3. The van der Waals surface area contributed by atoms with Gasteiger partial charge in [0, 0.05) is 24.2 Å². The minimum Gasteiger partial charge on any atom is -0.463 e. The first kappa shape index (κ1) is 17.8. The number of rotatable bonds is 5. The second-order valence-corrected chi connectivity index (χ2v) is 7.18. The number of carbonyl (C=O) groups is 1. The molecule has 1 aromatic carbocycles. The molecule has 1 aliphatic heterocycles. The van der Waals surface area contributed by atoms with E-state index >= 15 is 0 Å². The quantitative estimate of drug-likeness (QED) is 0.731. The van der Waals surface area contributed by atoms with Crippen LogP contribution in [0.1, 0.15) is 16.9 Å². The van der Waals surface area contributed by atoms with Crippen LogP contribution in [0.15, 0.2) is 53.1 Å². The molecule has 0 aliphatic carbocycles. The van der Waals surface area contributed by atoms with Crippen molar-refractivity contribution in [1.29, 1.82) is 0 Å². The highest BCUT2D eigenvalue weighted by Crippen LogP contribution is 2.27. The third-order valence-electron chi connectivity index (χ3n) is 4.84. The Hall–Kier alpha value is -2.57. The number of aromatic nitrogens is 2. The van der Waals surface area contributed by atoms with Crippen LogP contribution >= 0.6 is 11.6 Å². The van der Waals surface area contributed by atoms with E-state index in [0.717, 1.165) is 37.4 Å². The third kappa shape index (κ3) is 3.63. The topological polar surface area (TPSA) is 63.3 Å². The molecule has 0 spiro atoms. The van der Waals surface area contributed by atoms with Crippen molar-refractivity contribution < 1.29 is 9.21 Å². The van der Waals surface area contributed by atoms with Gasteiger partial charge in [-0.15, -0.1) is 0 Å². The molecule has 1 saturated heterocycles. The molecular weight excluding hydrogens is 364 g/mol. The van der Waals surface area contributed by atoms with E-state index in [2.05, 4.69) is 10.4 Å². The molecule has 1 atom stereocenters. The molecule has 1 N–H and O–H groups in total. The highest BCUT2D eigenvalue weighted by atomic mass is 35.5. The molecule has 0 radical (unpaired) electrons. The van der Waals surface area contributed by atoms with Crippen LogP contribution in [-0.4, -0.2) is 47.3 Å². The molecule has 1 aliphatic rings. The lowest BCUT2D eigenvalue weighted by atomic mass is 10.1. The number of nitrogens with one attached hydrogen (secondary N) is 1. The summed E-state index contributed by atoms with van der Waals surface area (Å²) in [5, 5.41) is 8.42. The Morgan fingerprint density at radius 2 is 2.15 bits per heavy atom. The van der Waals surface area contributed by atoms with Gasteiger partial charge in [0.25, 0.3) is 5.91 Å². The lowest BCUT2D eigenvalue weighted by Gasteiger charge is -2.15. The normalized spacial score (nSPS) is 16.8. The maximum absolute atomic E-state index is 13.0. The van der Waals surface area contributed by atoms with E-state index in [1.54, 1.807) is 29.1 Å². The fourth-order valence-corrected chi connectivity index (χ4v) is 3.62. The lowest BCUT2D eigenvalue weighted by Crippen LogP contribution is -2.30. The number of carbonyl (C=O) groups excluding carboxylic acids is 1. The maximum atomic E-state index is 13.0. The molecular formula is C20H21ClN4O2. The van der Waals surface area contributed by atoms with Crippen LogP contribution in [0, 0.1) is 5.92 Å². The molecule has 0 bridgehead atoms. The van der Waals surface area contributed by atoms with Gasteiger partial charge in [-0.05, 0) is 62.3 Å². The number of furan rings is 1. The van der Waals surface area contributed by atoms with Crippen molar-refractivity contribution in [3.8, 4) is 17.1 Å². The molecule has 7 heteroatoms. The van der Waals surface area contributed by atoms with Gasteiger partial charge in [0.05, 0.1) is 12.0 Å². The van der Waals surface area contributed by atoms with Crippen molar-refractivity contribution in [2.45, 2.75) is 6.42 Å². The van der Waals surface area contributed by atoms with E-state index in [1.807, 2.05) is 36.2 Å². The summed E-state index contributed by atoms with van der Waals surface area (Å²) in [6.45, 7) is 2.43. The van der Waals surface area contributed by atoms with Crippen LogP contribution in [0.2, 0.25) is 5.02 Å². The number of hydrogen-bond acceptors (Lipinski definition) is 4. The Labute approximate surface area is 162 Å². The fourth-order valence-electron chi connectivity index (χ4n) is 3.50. The number of benzene rings is 1. The first-order valence-corrected chi connectivity index (χ1v) is 9.37. The molecule has 4 rings (SSSR count). The zero-order chi connectivity index (χ0) is 18.8. The summed E-state index contributed by atoms with van der Waals surface area (Å²) >= 11 is 6.01. The molecule has 1 amide bonds.